The Morgan fingerprint density at radius 2 is 2.20 bits per heavy atom. The molecule has 2 heterocycles. The molecule has 6 heteroatoms. The number of hydrogen-bond donors (Lipinski definition) is 1. The lowest BCUT2D eigenvalue weighted by molar-refractivity contribution is 0.0691. The van der Waals surface area contributed by atoms with E-state index in [0.717, 1.165) is 11.3 Å². The van der Waals surface area contributed by atoms with Crippen molar-refractivity contribution in [3.63, 3.8) is 0 Å². The molecule has 0 unspecified atom stereocenters. The number of aromatic nitrogens is 1. The number of halogens is 2. The number of carboxylic acids is 1. The van der Waals surface area contributed by atoms with Gasteiger partial charge in [0, 0.05) is 0 Å². The molecule has 0 aliphatic carbocycles. The molecule has 0 saturated heterocycles. The largest absolute Gasteiger partial charge is 0.477 e. The number of carboxylic acid groups (broad SMARTS) is 1. The fourth-order valence-corrected chi connectivity index (χ4v) is 2.03. The summed E-state index contributed by atoms with van der Waals surface area (Å²) in [7, 11) is 0. The Balaban J connectivity index is 2.57. The molecule has 2 rings (SSSR count). The molecule has 0 aliphatic rings. The van der Waals surface area contributed by atoms with Crippen LogP contribution >= 0.6 is 11.3 Å². The number of hydrogen-bond acceptors (Lipinski definition) is 3. The highest BCUT2D eigenvalue weighted by Crippen LogP contribution is 2.31. The van der Waals surface area contributed by atoms with Gasteiger partial charge in [0.1, 0.15) is 5.69 Å². The Labute approximate surface area is 87.0 Å². The zero-order chi connectivity index (χ0) is 11.0. The van der Waals surface area contributed by atoms with E-state index >= 15 is 0 Å². The summed E-state index contributed by atoms with van der Waals surface area (Å²) in [5, 5.41) is 8.65. The van der Waals surface area contributed by atoms with E-state index in [1.165, 1.54) is 18.2 Å². The molecule has 3 nitrogen and oxygen atoms in total. The van der Waals surface area contributed by atoms with Crippen LogP contribution in [0.5, 0.6) is 0 Å². The third-order valence-electron chi connectivity index (χ3n) is 1.83. The van der Waals surface area contributed by atoms with E-state index in [-0.39, 0.29) is 10.6 Å². The van der Waals surface area contributed by atoms with Crippen LogP contribution < -0.4 is 0 Å². The van der Waals surface area contributed by atoms with Crippen molar-refractivity contribution in [2.45, 2.75) is 6.43 Å². The van der Waals surface area contributed by atoms with Gasteiger partial charge in [0.2, 0.25) is 0 Å². The highest BCUT2D eigenvalue weighted by molar-refractivity contribution is 7.19. The van der Waals surface area contributed by atoms with Crippen molar-refractivity contribution in [2.75, 3.05) is 0 Å². The van der Waals surface area contributed by atoms with Gasteiger partial charge in [0.25, 0.3) is 6.43 Å². The molecule has 0 bridgehead atoms. The van der Waals surface area contributed by atoms with Gasteiger partial charge in [-0.25, -0.2) is 18.6 Å². The zero-order valence-electron chi connectivity index (χ0n) is 7.28. The fraction of sp³-hybridized carbons (Fsp3) is 0.111. The Morgan fingerprint density at radius 3 is 2.80 bits per heavy atom. The third-order valence-corrected chi connectivity index (χ3v) is 2.92. The summed E-state index contributed by atoms with van der Waals surface area (Å²) in [6.07, 6.45) is -2.54. The van der Waals surface area contributed by atoms with Crippen LogP contribution in [0.4, 0.5) is 8.78 Å². The quantitative estimate of drug-likeness (QED) is 0.861. The van der Waals surface area contributed by atoms with Gasteiger partial charge in [0.15, 0.2) is 0 Å². The maximum Gasteiger partial charge on any atom is 0.354 e. The molecule has 0 saturated carbocycles. The average molecular weight is 229 g/mol. The van der Waals surface area contributed by atoms with E-state index in [1.54, 1.807) is 0 Å². The van der Waals surface area contributed by atoms with E-state index in [4.69, 9.17) is 5.11 Å². The zero-order valence-corrected chi connectivity index (χ0v) is 8.09. The van der Waals surface area contributed by atoms with Crippen molar-refractivity contribution in [1.82, 2.24) is 4.98 Å². The number of alkyl halides is 2. The molecule has 0 atom stereocenters. The molecule has 1 N–H and O–H groups in total. The molecule has 15 heavy (non-hydrogen) atoms. The second kappa shape index (κ2) is 3.54. The minimum absolute atomic E-state index is 0.0972. The number of aromatic carboxylic acids is 1. The molecule has 2 aromatic heterocycles. The number of thiophene rings is 1. The van der Waals surface area contributed by atoms with Crippen molar-refractivity contribution >= 4 is 27.5 Å². The Hall–Kier alpha value is -1.56. The van der Waals surface area contributed by atoms with Crippen molar-refractivity contribution < 1.29 is 18.7 Å². The first-order valence-electron chi connectivity index (χ1n) is 4.00. The van der Waals surface area contributed by atoms with Crippen LogP contribution in [0.3, 0.4) is 0 Å². The SMILES string of the molecule is O=C(O)c1ccc2sc(C(F)F)cc2n1. The molecule has 0 amide bonds. The smallest absolute Gasteiger partial charge is 0.354 e. The van der Waals surface area contributed by atoms with E-state index in [0.29, 0.717) is 10.2 Å². The first kappa shape index (κ1) is 9.97. The van der Waals surface area contributed by atoms with Gasteiger partial charge in [-0.2, -0.15) is 0 Å². The maximum atomic E-state index is 12.3. The van der Waals surface area contributed by atoms with Crippen LogP contribution in [0.15, 0.2) is 18.2 Å². The third kappa shape index (κ3) is 1.80. The highest BCUT2D eigenvalue weighted by Gasteiger charge is 2.13. The van der Waals surface area contributed by atoms with Crippen LogP contribution in [0.25, 0.3) is 10.2 Å². The molecule has 0 radical (unpaired) electrons. The van der Waals surface area contributed by atoms with Gasteiger partial charge in [0.05, 0.1) is 15.1 Å². The van der Waals surface area contributed by atoms with Crippen LogP contribution in [-0.2, 0) is 0 Å². The Kier molecular flexibility index (Phi) is 2.36. The molecule has 0 fully saturated rings. The first-order valence-corrected chi connectivity index (χ1v) is 4.81. The second-order valence-corrected chi connectivity index (χ2v) is 3.95. The first-order chi connectivity index (χ1) is 7.08. The number of nitrogens with zero attached hydrogens (tertiary/aromatic N) is 1. The lowest BCUT2D eigenvalue weighted by atomic mass is 10.3. The highest BCUT2D eigenvalue weighted by atomic mass is 32.1. The van der Waals surface area contributed by atoms with Gasteiger partial charge < -0.3 is 5.11 Å². The Morgan fingerprint density at radius 1 is 1.47 bits per heavy atom. The van der Waals surface area contributed by atoms with Crippen molar-refractivity contribution in [3.05, 3.63) is 28.8 Å². The molecule has 2 aromatic rings. The molecule has 0 aliphatic heterocycles. The number of pyridine rings is 1. The van der Waals surface area contributed by atoms with Gasteiger partial charge in [-0.1, -0.05) is 0 Å². The number of carbonyl (C=O) groups is 1. The van der Waals surface area contributed by atoms with Crippen LogP contribution in [-0.4, -0.2) is 16.1 Å². The van der Waals surface area contributed by atoms with Crippen LogP contribution in [0, 0.1) is 0 Å². The fourth-order valence-electron chi connectivity index (χ4n) is 1.17. The minimum Gasteiger partial charge on any atom is -0.477 e. The summed E-state index contributed by atoms with van der Waals surface area (Å²) in [5.74, 6) is -1.17. The lowest BCUT2D eigenvalue weighted by Gasteiger charge is -1.92. The van der Waals surface area contributed by atoms with Crippen LogP contribution in [0.2, 0.25) is 0 Å². The summed E-state index contributed by atoms with van der Waals surface area (Å²) in [4.78, 5) is 14.2. The van der Waals surface area contributed by atoms with Gasteiger partial charge in [-0.3, -0.25) is 0 Å². The summed E-state index contributed by atoms with van der Waals surface area (Å²) < 4.78 is 25.2. The predicted molar refractivity (Wildman–Crippen MR) is 51.5 cm³/mol. The van der Waals surface area contributed by atoms with Crippen LogP contribution in [0.1, 0.15) is 21.8 Å². The summed E-state index contributed by atoms with van der Waals surface area (Å²) in [6.45, 7) is 0. The van der Waals surface area contributed by atoms with E-state index < -0.39 is 12.4 Å². The maximum absolute atomic E-state index is 12.3. The normalized spacial score (nSPS) is 11.1. The standard InChI is InChI=1S/C9H5F2NO2S/c10-8(11)7-3-5-6(15-7)2-1-4(12-5)9(13)14/h1-3,8H,(H,13,14). The van der Waals surface area contributed by atoms with E-state index in [2.05, 4.69) is 4.98 Å². The predicted octanol–water partition coefficient (Wildman–Crippen LogP) is 2.93. The molecule has 0 spiro atoms. The molecular weight excluding hydrogens is 224 g/mol. The molecule has 78 valence electrons. The van der Waals surface area contributed by atoms with Gasteiger partial charge >= 0.3 is 5.97 Å². The average Bonchev–Trinajstić information content (AvgIpc) is 2.59. The van der Waals surface area contributed by atoms with Gasteiger partial charge in [-0.15, -0.1) is 11.3 Å². The van der Waals surface area contributed by atoms with Crippen molar-refractivity contribution in [2.24, 2.45) is 0 Å². The molecular formula is C9H5F2NO2S. The second-order valence-electron chi connectivity index (χ2n) is 2.83. The monoisotopic (exact) mass is 229 g/mol. The number of rotatable bonds is 2. The van der Waals surface area contributed by atoms with E-state index in [9.17, 15) is 13.6 Å². The Bertz CT molecular complexity index is 524. The summed E-state index contributed by atoms with van der Waals surface area (Å²) in [6, 6.07) is 4.01. The van der Waals surface area contributed by atoms with Gasteiger partial charge in [-0.05, 0) is 18.2 Å². The van der Waals surface area contributed by atoms with E-state index in [1.807, 2.05) is 0 Å². The lowest BCUT2D eigenvalue weighted by Crippen LogP contribution is -1.98. The van der Waals surface area contributed by atoms with Crippen molar-refractivity contribution in [3.8, 4) is 0 Å². The minimum atomic E-state index is -2.54. The molecule has 0 aromatic carbocycles. The number of fused-ring (bicyclic) bond motifs is 1. The summed E-state index contributed by atoms with van der Waals surface area (Å²) >= 11 is 0.920. The summed E-state index contributed by atoms with van der Waals surface area (Å²) in [5.41, 5.74) is 0.163. The topological polar surface area (TPSA) is 50.2 Å². The van der Waals surface area contributed by atoms with Crippen molar-refractivity contribution in [1.29, 1.82) is 0 Å².